The summed E-state index contributed by atoms with van der Waals surface area (Å²) in [5, 5.41) is 23.2. The molecule has 0 aromatic heterocycles. The minimum Gasteiger partial charge on any atom is -0.508 e. The summed E-state index contributed by atoms with van der Waals surface area (Å²) in [6, 6.07) is 13.8. The summed E-state index contributed by atoms with van der Waals surface area (Å²) in [6.07, 6.45) is 0.806. The van der Waals surface area contributed by atoms with Gasteiger partial charge >= 0.3 is 0 Å². The van der Waals surface area contributed by atoms with Gasteiger partial charge in [0.1, 0.15) is 5.75 Å². The first-order chi connectivity index (χ1) is 9.66. The van der Waals surface area contributed by atoms with E-state index >= 15 is 0 Å². The van der Waals surface area contributed by atoms with E-state index in [0.717, 1.165) is 18.5 Å². The lowest BCUT2D eigenvalue weighted by atomic mass is 10.1. The highest BCUT2D eigenvalue weighted by Crippen LogP contribution is 2.17. The van der Waals surface area contributed by atoms with Crippen molar-refractivity contribution < 1.29 is 10.0 Å². The standard InChI is InChI=1S/C15H16N2O3/c18-14-7-5-12(6-8-14)9-10-16-11-13-3-1-2-4-15(13)17(19)20/h1-8,16,18H,9-11H2. The Kier molecular flexibility index (Phi) is 4.68. The molecule has 0 fully saturated rings. The van der Waals surface area contributed by atoms with Gasteiger partial charge in [0.15, 0.2) is 0 Å². The number of phenolic OH excluding ortho intramolecular Hbond substituents is 1. The average Bonchev–Trinajstić information content (AvgIpc) is 2.46. The fraction of sp³-hybridized carbons (Fsp3) is 0.200. The first-order valence-corrected chi connectivity index (χ1v) is 6.38. The molecule has 5 nitrogen and oxygen atoms in total. The predicted molar refractivity (Wildman–Crippen MR) is 76.6 cm³/mol. The Balaban J connectivity index is 1.84. The summed E-state index contributed by atoms with van der Waals surface area (Å²) in [6.45, 7) is 1.19. The molecule has 0 unspecified atom stereocenters. The molecule has 0 heterocycles. The van der Waals surface area contributed by atoms with E-state index in [9.17, 15) is 15.2 Å². The second kappa shape index (κ2) is 6.68. The molecule has 0 amide bonds. The number of nitro groups is 1. The molecule has 0 spiro atoms. The summed E-state index contributed by atoms with van der Waals surface area (Å²) < 4.78 is 0. The maximum atomic E-state index is 10.9. The van der Waals surface area contributed by atoms with Gasteiger partial charge in [0.25, 0.3) is 5.69 Å². The number of phenols is 1. The van der Waals surface area contributed by atoms with Crippen LogP contribution in [0, 0.1) is 10.1 Å². The van der Waals surface area contributed by atoms with Gasteiger partial charge in [0, 0.05) is 18.2 Å². The van der Waals surface area contributed by atoms with Crippen molar-refractivity contribution in [1.29, 1.82) is 0 Å². The minimum atomic E-state index is -0.364. The topological polar surface area (TPSA) is 75.4 Å². The SMILES string of the molecule is O=[N+]([O-])c1ccccc1CNCCc1ccc(O)cc1. The molecule has 0 radical (unpaired) electrons. The maximum absolute atomic E-state index is 10.9. The van der Waals surface area contributed by atoms with Gasteiger partial charge in [-0.2, -0.15) is 0 Å². The molecule has 0 aliphatic rings. The molecule has 0 bridgehead atoms. The largest absolute Gasteiger partial charge is 0.508 e. The van der Waals surface area contributed by atoms with Gasteiger partial charge in [-0.15, -0.1) is 0 Å². The molecular weight excluding hydrogens is 256 g/mol. The Bertz CT molecular complexity index is 582. The third-order valence-corrected chi connectivity index (χ3v) is 3.03. The number of hydrogen-bond acceptors (Lipinski definition) is 4. The number of hydrogen-bond donors (Lipinski definition) is 2. The van der Waals surface area contributed by atoms with Gasteiger partial charge in [-0.25, -0.2) is 0 Å². The fourth-order valence-electron chi connectivity index (χ4n) is 1.96. The van der Waals surface area contributed by atoms with Crippen LogP contribution in [0.1, 0.15) is 11.1 Å². The smallest absolute Gasteiger partial charge is 0.273 e. The van der Waals surface area contributed by atoms with Crippen molar-refractivity contribution in [3.05, 3.63) is 69.8 Å². The molecule has 2 aromatic carbocycles. The zero-order chi connectivity index (χ0) is 14.4. The molecule has 0 saturated heterocycles. The van der Waals surface area contributed by atoms with Gasteiger partial charge in [-0.05, 0) is 30.7 Å². The summed E-state index contributed by atoms with van der Waals surface area (Å²) in [4.78, 5) is 10.5. The highest BCUT2D eigenvalue weighted by Gasteiger charge is 2.11. The summed E-state index contributed by atoms with van der Waals surface area (Å²) >= 11 is 0. The highest BCUT2D eigenvalue weighted by molar-refractivity contribution is 5.39. The van der Waals surface area contributed by atoms with E-state index in [1.807, 2.05) is 12.1 Å². The lowest BCUT2D eigenvalue weighted by molar-refractivity contribution is -0.385. The van der Waals surface area contributed by atoms with E-state index in [1.54, 1.807) is 30.3 Å². The van der Waals surface area contributed by atoms with Gasteiger partial charge in [-0.3, -0.25) is 10.1 Å². The van der Waals surface area contributed by atoms with Crippen molar-refractivity contribution in [3.63, 3.8) is 0 Å². The molecule has 0 aliphatic heterocycles. The summed E-state index contributed by atoms with van der Waals surface area (Å²) in [5.41, 5.74) is 1.94. The van der Waals surface area contributed by atoms with Crippen LogP contribution < -0.4 is 5.32 Å². The quantitative estimate of drug-likeness (QED) is 0.481. The van der Waals surface area contributed by atoms with Crippen LogP contribution in [0.5, 0.6) is 5.75 Å². The van der Waals surface area contributed by atoms with Crippen molar-refractivity contribution >= 4 is 5.69 Å². The van der Waals surface area contributed by atoms with E-state index < -0.39 is 0 Å². The highest BCUT2D eigenvalue weighted by atomic mass is 16.6. The minimum absolute atomic E-state index is 0.143. The van der Waals surface area contributed by atoms with Gasteiger partial charge in [-0.1, -0.05) is 30.3 Å². The molecule has 2 rings (SSSR count). The molecule has 0 aliphatic carbocycles. The average molecular weight is 272 g/mol. The molecule has 2 aromatic rings. The number of para-hydroxylation sites is 1. The first-order valence-electron chi connectivity index (χ1n) is 6.38. The Morgan fingerprint density at radius 2 is 1.80 bits per heavy atom. The lowest BCUT2D eigenvalue weighted by Crippen LogP contribution is -2.17. The Morgan fingerprint density at radius 3 is 2.50 bits per heavy atom. The Labute approximate surface area is 117 Å². The van der Waals surface area contributed by atoms with Crippen molar-refractivity contribution in [2.45, 2.75) is 13.0 Å². The number of benzene rings is 2. The van der Waals surface area contributed by atoms with Crippen LogP contribution in [0.3, 0.4) is 0 Å². The van der Waals surface area contributed by atoms with Crippen LogP contribution in [0.2, 0.25) is 0 Å². The third kappa shape index (κ3) is 3.80. The Hall–Kier alpha value is -2.40. The van der Waals surface area contributed by atoms with Crippen LogP contribution in [0.4, 0.5) is 5.69 Å². The fourth-order valence-corrected chi connectivity index (χ4v) is 1.96. The number of rotatable bonds is 6. The second-order valence-corrected chi connectivity index (χ2v) is 4.48. The molecule has 5 heteroatoms. The van der Waals surface area contributed by atoms with E-state index in [-0.39, 0.29) is 16.4 Å². The van der Waals surface area contributed by atoms with Crippen LogP contribution >= 0.6 is 0 Å². The molecule has 20 heavy (non-hydrogen) atoms. The molecule has 0 saturated carbocycles. The molecular formula is C15H16N2O3. The van der Waals surface area contributed by atoms with E-state index in [0.29, 0.717) is 12.1 Å². The molecule has 0 atom stereocenters. The number of nitrogens with one attached hydrogen (secondary N) is 1. The number of nitro benzene ring substituents is 1. The third-order valence-electron chi connectivity index (χ3n) is 3.03. The van der Waals surface area contributed by atoms with Crippen molar-refractivity contribution in [2.24, 2.45) is 0 Å². The summed E-state index contributed by atoms with van der Waals surface area (Å²) in [5.74, 6) is 0.251. The Morgan fingerprint density at radius 1 is 1.10 bits per heavy atom. The van der Waals surface area contributed by atoms with E-state index in [4.69, 9.17) is 0 Å². The lowest BCUT2D eigenvalue weighted by Gasteiger charge is -2.06. The predicted octanol–water partition coefficient (Wildman–Crippen LogP) is 2.63. The zero-order valence-electron chi connectivity index (χ0n) is 11.0. The van der Waals surface area contributed by atoms with Gasteiger partial charge < -0.3 is 10.4 Å². The van der Waals surface area contributed by atoms with Gasteiger partial charge in [0.05, 0.1) is 4.92 Å². The molecule has 104 valence electrons. The zero-order valence-corrected chi connectivity index (χ0v) is 11.0. The van der Waals surface area contributed by atoms with Crippen molar-refractivity contribution in [1.82, 2.24) is 5.32 Å². The van der Waals surface area contributed by atoms with Crippen molar-refractivity contribution in [3.8, 4) is 5.75 Å². The van der Waals surface area contributed by atoms with Gasteiger partial charge in [0.2, 0.25) is 0 Å². The van der Waals surface area contributed by atoms with E-state index in [1.165, 1.54) is 6.07 Å². The van der Waals surface area contributed by atoms with E-state index in [2.05, 4.69) is 5.32 Å². The first kappa shape index (κ1) is 14.0. The number of aromatic hydroxyl groups is 1. The number of nitrogens with zero attached hydrogens (tertiary/aromatic N) is 1. The van der Waals surface area contributed by atoms with Crippen LogP contribution in [-0.2, 0) is 13.0 Å². The molecule has 2 N–H and O–H groups in total. The monoisotopic (exact) mass is 272 g/mol. The maximum Gasteiger partial charge on any atom is 0.273 e. The van der Waals surface area contributed by atoms with Crippen LogP contribution in [0.15, 0.2) is 48.5 Å². The van der Waals surface area contributed by atoms with Crippen LogP contribution in [-0.4, -0.2) is 16.6 Å². The van der Waals surface area contributed by atoms with Crippen molar-refractivity contribution in [2.75, 3.05) is 6.54 Å². The summed E-state index contributed by atoms with van der Waals surface area (Å²) in [7, 11) is 0. The normalized spacial score (nSPS) is 10.4. The van der Waals surface area contributed by atoms with Crippen LogP contribution in [0.25, 0.3) is 0 Å². The second-order valence-electron chi connectivity index (χ2n) is 4.48.